The molecule has 2 heterocycles. The number of nitrogens with zero attached hydrogens (tertiary/aromatic N) is 1. The molecule has 0 aliphatic carbocycles. The van der Waals surface area contributed by atoms with E-state index in [0.717, 1.165) is 0 Å². The summed E-state index contributed by atoms with van der Waals surface area (Å²) in [5.41, 5.74) is 0.606. The van der Waals surface area contributed by atoms with Crippen molar-refractivity contribution < 1.29 is 22.0 Å². The summed E-state index contributed by atoms with van der Waals surface area (Å²) in [7, 11) is -2.40. The van der Waals surface area contributed by atoms with Crippen molar-refractivity contribution in [2.24, 2.45) is 0 Å². The first-order valence-corrected chi connectivity index (χ1v) is 10.8. The lowest BCUT2D eigenvalue weighted by molar-refractivity contribution is 0.415. The second-order valence-electron chi connectivity index (χ2n) is 6.27. The molecule has 154 valence electrons. The molecule has 0 aliphatic heterocycles. The Bertz CT molecular complexity index is 1230. The molecule has 0 fully saturated rings. The highest BCUT2D eigenvalue weighted by Gasteiger charge is 2.28. The molecule has 0 unspecified atom stereocenters. The molecule has 0 atom stereocenters. The molecular weight excluding hydrogens is 428 g/mol. The van der Waals surface area contributed by atoms with E-state index >= 15 is 0 Å². The van der Waals surface area contributed by atoms with Crippen molar-refractivity contribution in [3.8, 4) is 17.2 Å². The molecule has 2 aromatic carbocycles. The minimum Gasteiger partial charge on any atom is -0.497 e. The summed E-state index contributed by atoms with van der Waals surface area (Å²) in [6.07, 6.45) is 1.53. The number of aromatic nitrogens is 1. The summed E-state index contributed by atoms with van der Waals surface area (Å²) in [6.45, 7) is 0.230. The van der Waals surface area contributed by atoms with Crippen LogP contribution in [0.25, 0.3) is 11.5 Å². The van der Waals surface area contributed by atoms with Crippen LogP contribution in [0.5, 0.6) is 5.75 Å². The SMILES string of the molecule is COc1ccc(-c2nc(S(=O)(=O)c3ccc(Cl)cc3)c(NCc3ccco3)o2)cc1. The Morgan fingerprint density at radius 1 is 1.07 bits per heavy atom. The first-order valence-electron chi connectivity index (χ1n) is 8.89. The van der Waals surface area contributed by atoms with Crippen LogP contribution in [0.2, 0.25) is 5.02 Å². The van der Waals surface area contributed by atoms with Crippen molar-refractivity contribution in [2.75, 3.05) is 12.4 Å². The van der Waals surface area contributed by atoms with Crippen LogP contribution in [-0.4, -0.2) is 20.5 Å². The summed E-state index contributed by atoms with van der Waals surface area (Å²) < 4.78 is 42.7. The van der Waals surface area contributed by atoms with Crippen LogP contribution in [0.15, 0.2) is 85.7 Å². The van der Waals surface area contributed by atoms with Crippen LogP contribution in [0, 0.1) is 0 Å². The minimum absolute atomic E-state index is 0.0205. The third-order valence-electron chi connectivity index (χ3n) is 4.31. The molecule has 0 aliphatic rings. The number of furan rings is 1. The molecule has 7 nitrogen and oxygen atoms in total. The van der Waals surface area contributed by atoms with Crippen molar-refractivity contribution in [3.05, 3.63) is 77.7 Å². The van der Waals surface area contributed by atoms with E-state index in [2.05, 4.69) is 10.3 Å². The van der Waals surface area contributed by atoms with E-state index in [1.807, 2.05) is 0 Å². The average molecular weight is 445 g/mol. The number of rotatable bonds is 7. The van der Waals surface area contributed by atoms with Gasteiger partial charge in [0.05, 0.1) is 24.8 Å². The smallest absolute Gasteiger partial charge is 0.234 e. The van der Waals surface area contributed by atoms with E-state index < -0.39 is 9.84 Å². The summed E-state index contributed by atoms with van der Waals surface area (Å²) in [5.74, 6) is 1.46. The zero-order chi connectivity index (χ0) is 21.1. The second kappa shape index (κ2) is 8.25. The molecule has 0 saturated carbocycles. The predicted octanol–water partition coefficient (Wildman–Crippen LogP) is 5.04. The number of sulfone groups is 1. The van der Waals surface area contributed by atoms with Gasteiger partial charge in [0, 0.05) is 10.6 Å². The number of halogens is 1. The molecule has 0 spiro atoms. The summed E-state index contributed by atoms with van der Waals surface area (Å²) in [5, 5.41) is 3.18. The van der Waals surface area contributed by atoms with Crippen LogP contribution in [0.4, 0.5) is 5.88 Å². The number of oxazole rings is 1. The molecule has 2 aromatic heterocycles. The number of hydrogen-bond donors (Lipinski definition) is 1. The maximum absolute atomic E-state index is 13.2. The van der Waals surface area contributed by atoms with Crippen LogP contribution in [-0.2, 0) is 16.4 Å². The zero-order valence-corrected chi connectivity index (χ0v) is 17.4. The molecule has 1 N–H and O–H groups in total. The van der Waals surface area contributed by atoms with Gasteiger partial charge >= 0.3 is 0 Å². The van der Waals surface area contributed by atoms with E-state index in [9.17, 15) is 8.42 Å². The van der Waals surface area contributed by atoms with Gasteiger partial charge in [-0.1, -0.05) is 11.6 Å². The van der Waals surface area contributed by atoms with Crippen LogP contribution >= 0.6 is 11.6 Å². The molecule has 4 aromatic rings. The van der Waals surface area contributed by atoms with Gasteiger partial charge in [0.25, 0.3) is 0 Å². The van der Waals surface area contributed by atoms with Crippen molar-refractivity contribution in [3.63, 3.8) is 0 Å². The lowest BCUT2D eigenvalue weighted by atomic mass is 10.2. The van der Waals surface area contributed by atoms with Crippen molar-refractivity contribution in [1.82, 2.24) is 4.98 Å². The van der Waals surface area contributed by atoms with Crippen molar-refractivity contribution >= 4 is 27.3 Å². The summed E-state index contributed by atoms with van der Waals surface area (Å²) in [4.78, 5) is 4.34. The van der Waals surface area contributed by atoms with Gasteiger partial charge < -0.3 is 18.9 Å². The predicted molar refractivity (Wildman–Crippen MR) is 111 cm³/mol. The lowest BCUT2D eigenvalue weighted by Crippen LogP contribution is -2.07. The average Bonchev–Trinajstić information content (AvgIpc) is 3.43. The molecule has 0 saturated heterocycles. The first kappa shape index (κ1) is 20.1. The topological polar surface area (TPSA) is 94.6 Å². The van der Waals surface area contributed by atoms with Gasteiger partial charge in [0.1, 0.15) is 11.5 Å². The van der Waals surface area contributed by atoms with Crippen molar-refractivity contribution in [2.45, 2.75) is 16.5 Å². The maximum atomic E-state index is 13.2. The molecule has 0 amide bonds. The van der Waals surface area contributed by atoms with E-state index in [4.69, 9.17) is 25.2 Å². The Kier molecular flexibility index (Phi) is 5.52. The molecule has 0 bridgehead atoms. The van der Waals surface area contributed by atoms with Gasteiger partial charge in [0.15, 0.2) is 0 Å². The Labute approximate surface area is 178 Å². The maximum Gasteiger partial charge on any atom is 0.234 e. The van der Waals surface area contributed by atoms with Crippen LogP contribution in [0.1, 0.15) is 5.76 Å². The molecule has 30 heavy (non-hydrogen) atoms. The monoisotopic (exact) mass is 444 g/mol. The van der Waals surface area contributed by atoms with E-state index in [1.165, 1.54) is 30.5 Å². The number of ether oxygens (including phenoxy) is 1. The standard InChI is InChI=1S/C21H17ClN2O5S/c1-27-16-8-4-14(5-9-16)19-24-21(20(29-19)23-13-17-3-2-12-28-17)30(25,26)18-10-6-15(22)7-11-18/h2-12,23H,13H2,1H3. The van der Waals surface area contributed by atoms with Gasteiger partial charge in [-0.3, -0.25) is 0 Å². The third-order valence-corrected chi connectivity index (χ3v) is 6.25. The number of nitrogens with one attached hydrogen (secondary N) is 1. The van der Waals surface area contributed by atoms with Crippen molar-refractivity contribution in [1.29, 1.82) is 0 Å². The largest absolute Gasteiger partial charge is 0.497 e. The van der Waals surface area contributed by atoms with Crippen LogP contribution in [0.3, 0.4) is 0 Å². The summed E-state index contributed by atoms with van der Waals surface area (Å²) in [6, 6.07) is 16.3. The molecular formula is C21H17ClN2O5S. The Morgan fingerprint density at radius 3 is 2.43 bits per heavy atom. The molecule has 9 heteroatoms. The number of hydrogen-bond acceptors (Lipinski definition) is 7. The number of benzene rings is 2. The zero-order valence-electron chi connectivity index (χ0n) is 15.8. The van der Waals surface area contributed by atoms with Gasteiger partial charge in [-0.25, -0.2) is 8.42 Å². The van der Waals surface area contributed by atoms with Gasteiger partial charge in [-0.15, -0.1) is 0 Å². The molecule has 0 radical (unpaired) electrons. The Hall–Kier alpha value is -3.23. The second-order valence-corrected chi connectivity index (χ2v) is 8.57. The third kappa shape index (κ3) is 4.05. The lowest BCUT2D eigenvalue weighted by Gasteiger charge is -2.05. The van der Waals surface area contributed by atoms with Gasteiger partial charge in [0.2, 0.25) is 26.6 Å². The first-order chi connectivity index (χ1) is 14.5. The van der Waals surface area contributed by atoms with Crippen LogP contribution < -0.4 is 10.1 Å². The minimum atomic E-state index is -3.96. The van der Waals surface area contributed by atoms with E-state index in [0.29, 0.717) is 22.1 Å². The fourth-order valence-corrected chi connectivity index (χ4v) is 4.17. The summed E-state index contributed by atoms with van der Waals surface area (Å²) >= 11 is 5.89. The van der Waals surface area contributed by atoms with E-state index in [-0.39, 0.29) is 28.2 Å². The Balaban J connectivity index is 1.75. The fraction of sp³-hybridized carbons (Fsp3) is 0.0952. The highest BCUT2D eigenvalue weighted by atomic mass is 35.5. The van der Waals surface area contributed by atoms with E-state index in [1.54, 1.807) is 43.5 Å². The molecule has 4 rings (SSSR count). The van der Waals surface area contributed by atoms with Gasteiger partial charge in [-0.05, 0) is 60.7 Å². The fourth-order valence-electron chi connectivity index (χ4n) is 2.76. The normalized spacial score (nSPS) is 11.4. The number of anilines is 1. The number of methoxy groups -OCH3 is 1. The van der Waals surface area contributed by atoms with Gasteiger partial charge in [-0.2, -0.15) is 4.98 Å². The Morgan fingerprint density at radius 2 is 1.80 bits per heavy atom. The highest BCUT2D eigenvalue weighted by Crippen LogP contribution is 2.33. The highest BCUT2D eigenvalue weighted by molar-refractivity contribution is 7.91. The quantitative estimate of drug-likeness (QED) is 0.426.